The fourth-order valence-electron chi connectivity index (χ4n) is 2.62. The molecular formula is C18H16N4OS. The van der Waals surface area contributed by atoms with Crippen molar-refractivity contribution in [1.29, 1.82) is 5.26 Å². The highest BCUT2D eigenvalue weighted by Crippen LogP contribution is 2.26. The lowest BCUT2D eigenvalue weighted by atomic mass is 10.1. The van der Waals surface area contributed by atoms with E-state index in [-0.39, 0.29) is 5.56 Å². The Balaban J connectivity index is 1.95. The maximum Gasteiger partial charge on any atom is 0.258 e. The van der Waals surface area contributed by atoms with Crippen LogP contribution in [-0.4, -0.2) is 14.4 Å². The van der Waals surface area contributed by atoms with Gasteiger partial charge in [-0.25, -0.2) is 9.97 Å². The van der Waals surface area contributed by atoms with Gasteiger partial charge in [0.1, 0.15) is 16.7 Å². The minimum atomic E-state index is -0.0948. The molecule has 120 valence electrons. The minimum Gasteiger partial charge on any atom is -0.269 e. The molecule has 0 amide bonds. The molecule has 3 rings (SSSR count). The summed E-state index contributed by atoms with van der Waals surface area (Å²) in [5.74, 6) is 0.490. The maximum atomic E-state index is 12.3. The number of nitriles is 1. The molecule has 3 aromatic rings. The minimum absolute atomic E-state index is 0.0948. The van der Waals surface area contributed by atoms with E-state index in [1.54, 1.807) is 10.5 Å². The monoisotopic (exact) mass is 336 g/mol. The zero-order valence-electron chi connectivity index (χ0n) is 13.7. The number of hydrogen-bond donors (Lipinski definition) is 0. The maximum absolute atomic E-state index is 12.3. The van der Waals surface area contributed by atoms with Crippen molar-refractivity contribution in [3.63, 3.8) is 0 Å². The molecular weight excluding hydrogens is 320 g/mol. The van der Waals surface area contributed by atoms with Gasteiger partial charge in [0, 0.05) is 23.2 Å². The summed E-state index contributed by atoms with van der Waals surface area (Å²) < 4.78 is 1.59. The molecule has 0 N–H and O–H groups in total. The van der Waals surface area contributed by atoms with E-state index in [1.165, 1.54) is 11.8 Å². The van der Waals surface area contributed by atoms with Gasteiger partial charge in [0.2, 0.25) is 0 Å². The van der Waals surface area contributed by atoms with Crippen LogP contribution < -0.4 is 5.56 Å². The molecule has 0 saturated carbocycles. The van der Waals surface area contributed by atoms with Crippen LogP contribution in [0.1, 0.15) is 28.2 Å². The number of aromatic nitrogens is 3. The molecule has 0 bridgehead atoms. The lowest BCUT2D eigenvalue weighted by molar-refractivity contribution is 0.966. The number of fused-ring (bicyclic) bond motifs is 1. The fourth-order valence-corrected chi connectivity index (χ4v) is 3.61. The average molecular weight is 336 g/mol. The summed E-state index contributed by atoms with van der Waals surface area (Å²) in [6.45, 7) is 5.69. The van der Waals surface area contributed by atoms with Gasteiger partial charge in [0.05, 0.1) is 11.3 Å². The topological polar surface area (TPSA) is 71.0 Å². The number of aryl methyl sites for hydroxylation is 3. The van der Waals surface area contributed by atoms with Crippen molar-refractivity contribution in [3.05, 3.63) is 68.9 Å². The average Bonchev–Trinajstić information content (AvgIpc) is 2.52. The Morgan fingerprint density at radius 2 is 2.00 bits per heavy atom. The van der Waals surface area contributed by atoms with Crippen molar-refractivity contribution in [2.24, 2.45) is 0 Å². The Kier molecular flexibility index (Phi) is 4.36. The summed E-state index contributed by atoms with van der Waals surface area (Å²) in [5.41, 5.74) is 4.44. The van der Waals surface area contributed by atoms with Gasteiger partial charge in [-0.2, -0.15) is 5.26 Å². The molecule has 0 fully saturated rings. The summed E-state index contributed by atoms with van der Waals surface area (Å²) in [6.07, 6.45) is 0. The lowest BCUT2D eigenvalue weighted by Gasteiger charge is -2.08. The fraction of sp³-hybridized carbons (Fsp3) is 0.222. The van der Waals surface area contributed by atoms with E-state index >= 15 is 0 Å². The zero-order valence-corrected chi connectivity index (χ0v) is 14.5. The van der Waals surface area contributed by atoms with Crippen LogP contribution in [0.4, 0.5) is 0 Å². The smallest absolute Gasteiger partial charge is 0.258 e. The Labute approximate surface area is 144 Å². The summed E-state index contributed by atoms with van der Waals surface area (Å²) in [7, 11) is 0. The first-order valence-electron chi connectivity index (χ1n) is 7.49. The van der Waals surface area contributed by atoms with Crippen LogP contribution in [0.2, 0.25) is 0 Å². The van der Waals surface area contributed by atoms with Crippen LogP contribution in [0.5, 0.6) is 0 Å². The second-order valence-electron chi connectivity index (χ2n) is 5.61. The quantitative estimate of drug-likeness (QED) is 0.687. The molecule has 0 unspecified atom stereocenters. The van der Waals surface area contributed by atoms with Crippen LogP contribution >= 0.6 is 11.8 Å². The van der Waals surface area contributed by atoms with Crippen LogP contribution in [0.25, 0.3) is 5.65 Å². The van der Waals surface area contributed by atoms with Crippen molar-refractivity contribution in [3.8, 4) is 6.07 Å². The number of nitrogens with zero attached hydrogens (tertiary/aromatic N) is 4. The highest BCUT2D eigenvalue weighted by molar-refractivity contribution is 7.98. The number of pyridine rings is 2. The van der Waals surface area contributed by atoms with Gasteiger partial charge in [-0.15, -0.1) is 0 Å². The Bertz CT molecular complexity index is 1030. The molecule has 6 heteroatoms. The number of thioether (sulfide) groups is 1. The second-order valence-corrected chi connectivity index (χ2v) is 6.57. The van der Waals surface area contributed by atoms with Gasteiger partial charge in [-0.1, -0.05) is 17.8 Å². The van der Waals surface area contributed by atoms with E-state index in [9.17, 15) is 10.1 Å². The van der Waals surface area contributed by atoms with Gasteiger partial charge in [-0.3, -0.25) is 9.20 Å². The molecule has 0 radical (unpaired) electrons. The molecule has 0 spiro atoms. The van der Waals surface area contributed by atoms with Gasteiger partial charge in [-0.05, 0) is 44.5 Å². The van der Waals surface area contributed by atoms with Crippen LogP contribution in [0, 0.1) is 32.1 Å². The molecule has 0 aliphatic heterocycles. The molecule has 3 heterocycles. The third-order valence-electron chi connectivity index (χ3n) is 3.71. The first kappa shape index (κ1) is 16.2. The van der Waals surface area contributed by atoms with E-state index in [4.69, 9.17) is 0 Å². The van der Waals surface area contributed by atoms with Crippen molar-refractivity contribution < 1.29 is 0 Å². The highest BCUT2D eigenvalue weighted by atomic mass is 32.2. The van der Waals surface area contributed by atoms with E-state index in [0.29, 0.717) is 27.7 Å². The standard InChI is InChI=1S/C18H16N4OS/c1-11-7-12(2)20-18(15(11)9-19)24-10-14-8-17(23)22-13(3)5-4-6-16(22)21-14/h4-8H,10H2,1-3H3. The van der Waals surface area contributed by atoms with Crippen LogP contribution in [-0.2, 0) is 5.75 Å². The molecule has 0 aliphatic rings. The predicted molar refractivity (Wildman–Crippen MR) is 94.2 cm³/mol. The first-order valence-corrected chi connectivity index (χ1v) is 8.47. The van der Waals surface area contributed by atoms with Crippen molar-refractivity contribution in [1.82, 2.24) is 14.4 Å². The SMILES string of the molecule is Cc1cc(C)c(C#N)c(SCc2cc(=O)n3c(C)cccc3n2)n1. The summed E-state index contributed by atoms with van der Waals surface area (Å²) >= 11 is 1.43. The molecule has 0 atom stereocenters. The Hall–Kier alpha value is -2.65. The molecule has 0 saturated heterocycles. The predicted octanol–water partition coefficient (Wildman–Crippen LogP) is 3.18. The number of hydrogen-bond acceptors (Lipinski definition) is 5. The van der Waals surface area contributed by atoms with Crippen LogP contribution in [0.15, 0.2) is 40.2 Å². The van der Waals surface area contributed by atoms with Gasteiger partial charge >= 0.3 is 0 Å². The van der Waals surface area contributed by atoms with E-state index < -0.39 is 0 Å². The van der Waals surface area contributed by atoms with Crippen molar-refractivity contribution in [2.75, 3.05) is 0 Å². The zero-order chi connectivity index (χ0) is 17.3. The summed E-state index contributed by atoms with van der Waals surface area (Å²) in [5, 5.41) is 10.0. The van der Waals surface area contributed by atoms with E-state index in [1.807, 2.05) is 45.0 Å². The lowest BCUT2D eigenvalue weighted by Crippen LogP contribution is -2.17. The summed E-state index contributed by atoms with van der Waals surface area (Å²) in [4.78, 5) is 21.3. The first-order chi connectivity index (χ1) is 11.5. The molecule has 5 nitrogen and oxygen atoms in total. The largest absolute Gasteiger partial charge is 0.269 e. The van der Waals surface area contributed by atoms with Crippen LogP contribution in [0.3, 0.4) is 0 Å². The van der Waals surface area contributed by atoms with E-state index in [2.05, 4.69) is 16.0 Å². The van der Waals surface area contributed by atoms with Gasteiger partial charge < -0.3 is 0 Å². The molecule has 3 aromatic heterocycles. The Morgan fingerprint density at radius 3 is 2.75 bits per heavy atom. The van der Waals surface area contributed by atoms with Gasteiger partial charge in [0.25, 0.3) is 5.56 Å². The van der Waals surface area contributed by atoms with Crippen molar-refractivity contribution in [2.45, 2.75) is 31.6 Å². The van der Waals surface area contributed by atoms with Gasteiger partial charge in [0.15, 0.2) is 0 Å². The third-order valence-corrected chi connectivity index (χ3v) is 4.72. The highest BCUT2D eigenvalue weighted by Gasteiger charge is 2.11. The van der Waals surface area contributed by atoms with E-state index in [0.717, 1.165) is 17.0 Å². The molecule has 0 aromatic carbocycles. The Morgan fingerprint density at radius 1 is 1.21 bits per heavy atom. The molecule has 0 aliphatic carbocycles. The molecule has 24 heavy (non-hydrogen) atoms. The number of rotatable bonds is 3. The third kappa shape index (κ3) is 3.03. The second kappa shape index (κ2) is 6.46. The van der Waals surface area contributed by atoms with Crippen molar-refractivity contribution >= 4 is 17.4 Å². The summed E-state index contributed by atoms with van der Waals surface area (Å²) in [6, 6.07) is 11.2. The normalized spacial score (nSPS) is 10.8.